The fraction of sp³-hybridized carbons (Fsp3) is 0.0909. The Balaban J connectivity index is 2.05. The third-order valence-electron chi connectivity index (χ3n) is 4.21. The van der Waals surface area contributed by atoms with Crippen LogP contribution in [0.2, 0.25) is 0 Å². The molecule has 0 amide bonds. The van der Waals surface area contributed by atoms with Crippen LogP contribution < -0.4 is 0 Å². The average molecular weight is 372 g/mol. The van der Waals surface area contributed by atoms with E-state index < -0.39 is 17.5 Å². The summed E-state index contributed by atoms with van der Waals surface area (Å²) in [6.45, 7) is 0. The summed E-state index contributed by atoms with van der Waals surface area (Å²) in [5.74, 6) is -2.28. The number of carbonyl (C=O) groups excluding carboxylic acids is 1. The Morgan fingerprint density at radius 1 is 0.929 bits per heavy atom. The molecule has 1 heterocycles. The molecular formula is C22H16N2O4. The number of Topliss-reactive ketones (excluding diaryl/α,β-unsaturated/α-hetero) is 1. The van der Waals surface area contributed by atoms with Crippen LogP contribution in [-0.2, 0) is 4.79 Å². The number of nitrogens with zero attached hydrogens (tertiary/aromatic N) is 2. The number of rotatable bonds is 6. The van der Waals surface area contributed by atoms with Gasteiger partial charge in [-0.05, 0) is 23.3 Å². The van der Waals surface area contributed by atoms with Gasteiger partial charge in [-0.25, -0.2) is 4.98 Å². The van der Waals surface area contributed by atoms with Gasteiger partial charge in [0.2, 0.25) is 0 Å². The van der Waals surface area contributed by atoms with Crippen molar-refractivity contribution in [1.29, 1.82) is 5.26 Å². The van der Waals surface area contributed by atoms with Crippen LogP contribution in [0, 0.1) is 11.3 Å². The second-order valence-electron chi connectivity index (χ2n) is 6.13. The molecule has 2 N–H and O–H groups in total. The number of hydrogen-bond donors (Lipinski definition) is 2. The number of carboxylic acid groups (broad SMARTS) is 1. The number of carbonyl (C=O) groups is 2. The molecule has 0 spiro atoms. The predicted molar refractivity (Wildman–Crippen MR) is 103 cm³/mol. The van der Waals surface area contributed by atoms with Crippen molar-refractivity contribution in [2.45, 2.75) is 12.8 Å². The molecule has 0 aliphatic rings. The first kappa shape index (κ1) is 18.8. The van der Waals surface area contributed by atoms with Crippen molar-refractivity contribution in [3.05, 3.63) is 71.9 Å². The van der Waals surface area contributed by atoms with Crippen molar-refractivity contribution < 1.29 is 19.8 Å². The van der Waals surface area contributed by atoms with Gasteiger partial charge in [0.05, 0.1) is 17.7 Å². The maximum Gasteiger partial charge on any atom is 0.303 e. The lowest BCUT2D eigenvalue weighted by atomic mass is 10.00. The van der Waals surface area contributed by atoms with Crippen molar-refractivity contribution in [2.75, 3.05) is 0 Å². The number of carboxylic acids is 1. The number of aliphatic carboxylic acids is 1. The number of aromatic nitrogens is 1. The van der Waals surface area contributed by atoms with E-state index in [9.17, 15) is 20.0 Å². The Hall–Kier alpha value is -3.98. The SMILES string of the molecule is N#Cc1cc(-c2cccc(-c3ccccc3)c2)nc(C(=O)CCC(=O)O)c1O. The molecule has 2 aromatic carbocycles. The molecule has 0 bridgehead atoms. The molecule has 0 saturated carbocycles. The first-order valence-corrected chi connectivity index (χ1v) is 8.54. The number of hydrogen-bond acceptors (Lipinski definition) is 5. The molecule has 28 heavy (non-hydrogen) atoms. The van der Waals surface area contributed by atoms with E-state index in [0.29, 0.717) is 11.3 Å². The highest BCUT2D eigenvalue weighted by atomic mass is 16.4. The summed E-state index contributed by atoms with van der Waals surface area (Å²) >= 11 is 0. The zero-order chi connectivity index (χ0) is 20.1. The predicted octanol–water partition coefficient (Wildman–Crippen LogP) is 4.04. The van der Waals surface area contributed by atoms with Crippen molar-refractivity contribution in [1.82, 2.24) is 4.98 Å². The standard InChI is InChI=1S/C22H16N2O4/c23-13-17-12-18(24-21(22(17)28)19(25)9-10-20(26)27)16-8-4-7-15(11-16)14-5-2-1-3-6-14/h1-8,11-12,28H,9-10H2,(H,26,27). The lowest BCUT2D eigenvalue weighted by Gasteiger charge is -2.10. The third kappa shape index (κ3) is 4.05. The highest BCUT2D eigenvalue weighted by Crippen LogP contribution is 2.30. The Bertz CT molecular complexity index is 1090. The van der Waals surface area contributed by atoms with Gasteiger partial charge in [-0.15, -0.1) is 0 Å². The molecule has 3 aromatic rings. The lowest BCUT2D eigenvalue weighted by Crippen LogP contribution is -2.08. The van der Waals surface area contributed by atoms with Crippen molar-refractivity contribution in [3.8, 4) is 34.2 Å². The molecule has 6 heteroatoms. The summed E-state index contributed by atoms with van der Waals surface area (Å²) < 4.78 is 0. The van der Waals surface area contributed by atoms with E-state index in [1.54, 1.807) is 6.07 Å². The average Bonchev–Trinajstić information content (AvgIpc) is 2.73. The van der Waals surface area contributed by atoms with Gasteiger partial charge in [-0.1, -0.05) is 48.5 Å². The fourth-order valence-corrected chi connectivity index (χ4v) is 2.79. The zero-order valence-corrected chi connectivity index (χ0v) is 14.8. The summed E-state index contributed by atoms with van der Waals surface area (Å²) in [5, 5.41) is 28.2. The summed E-state index contributed by atoms with van der Waals surface area (Å²) in [4.78, 5) is 27.3. The molecule has 0 atom stereocenters. The van der Waals surface area contributed by atoms with Gasteiger partial charge in [0, 0.05) is 12.0 Å². The van der Waals surface area contributed by atoms with Crippen LogP contribution in [0.25, 0.3) is 22.4 Å². The molecule has 0 aliphatic carbocycles. The Kier molecular flexibility index (Phi) is 5.47. The highest BCUT2D eigenvalue weighted by Gasteiger charge is 2.20. The van der Waals surface area contributed by atoms with Gasteiger partial charge < -0.3 is 10.2 Å². The summed E-state index contributed by atoms with van der Waals surface area (Å²) in [6, 6.07) is 20.4. The van der Waals surface area contributed by atoms with E-state index >= 15 is 0 Å². The normalized spacial score (nSPS) is 10.2. The van der Waals surface area contributed by atoms with E-state index in [1.807, 2.05) is 54.6 Å². The van der Waals surface area contributed by atoms with E-state index in [4.69, 9.17) is 5.11 Å². The summed E-state index contributed by atoms with van der Waals surface area (Å²) in [7, 11) is 0. The molecule has 138 valence electrons. The van der Waals surface area contributed by atoms with Crippen molar-refractivity contribution in [2.24, 2.45) is 0 Å². The smallest absolute Gasteiger partial charge is 0.303 e. The molecular weight excluding hydrogens is 356 g/mol. The summed E-state index contributed by atoms with van der Waals surface area (Å²) in [5.41, 5.74) is 2.58. The van der Waals surface area contributed by atoms with Gasteiger partial charge in [-0.3, -0.25) is 9.59 Å². The first-order valence-electron chi connectivity index (χ1n) is 8.54. The second-order valence-corrected chi connectivity index (χ2v) is 6.13. The zero-order valence-electron chi connectivity index (χ0n) is 14.8. The lowest BCUT2D eigenvalue weighted by molar-refractivity contribution is -0.136. The molecule has 0 fully saturated rings. The van der Waals surface area contributed by atoms with Crippen LogP contribution in [-0.4, -0.2) is 26.9 Å². The number of benzene rings is 2. The number of aromatic hydroxyl groups is 1. The summed E-state index contributed by atoms with van der Waals surface area (Å²) in [6.07, 6.45) is -0.691. The molecule has 0 aliphatic heterocycles. The van der Waals surface area contributed by atoms with Crippen LogP contribution in [0.3, 0.4) is 0 Å². The van der Waals surface area contributed by atoms with Crippen molar-refractivity contribution >= 4 is 11.8 Å². The van der Waals surface area contributed by atoms with Gasteiger partial charge >= 0.3 is 5.97 Å². The van der Waals surface area contributed by atoms with Crippen LogP contribution in [0.5, 0.6) is 5.75 Å². The van der Waals surface area contributed by atoms with Gasteiger partial charge in [0.1, 0.15) is 11.8 Å². The minimum Gasteiger partial charge on any atom is -0.504 e. The molecule has 0 radical (unpaired) electrons. The van der Waals surface area contributed by atoms with Gasteiger partial charge in [-0.2, -0.15) is 5.26 Å². The maximum absolute atomic E-state index is 12.3. The minimum absolute atomic E-state index is 0.0891. The second kappa shape index (κ2) is 8.14. The Morgan fingerprint density at radius 3 is 2.29 bits per heavy atom. The van der Waals surface area contributed by atoms with Gasteiger partial charge in [0.25, 0.3) is 0 Å². The van der Waals surface area contributed by atoms with E-state index in [0.717, 1.165) is 11.1 Å². The highest BCUT2D eigenvalue weighted by molar-refractivity contribution is 5.99. The maximum atomic E-state index is 12.3. The molecule has 1 aromatic heterocycles. The largest absolute Gasteiger partial charge is 0.504 e. The Morgan fingerprint density at radius 2 is 1.61 bits per heavy atom. The molecule has 6 nitrogen and oxygen atoms in total. The topological polar surface area (TPSA) is 111 Å². The quantitative estimate of drug-likeness (QED) is 0.632. The van der Waals surface area contributed by atoms with Crippen LogP contribution in [0.4, 0.5) is 0 Å². The fourth-order valence-electron chi connectivity index (χ4n) is 2.79. The van der Waals surface area contributed by atoms with Crippen LogP contribution in [0.15, 0.2) is 60.7 Å². The van der Waals surface area contributed by atoms with Crippen molar-refractivity contribution in [3.63, 3.8) is 0 Å². The Labute approximate surface area is 161 Å². The molecule has 0 unspecified atom stereocenters. The molecule has 0 saturated heterocycles. The minimum atomic E-state index is -1.12. The van der Waals surface area contributed by atoms with Crippen LogP contribution in [0.1, 0.15) is 28.9 Å². The number of ketones is 1. The number of pyridine rings is 1. The first-order chi connectivity index (χ1) is 13.5. The van der Waals surface area contributed by atoms with Gasteiger partial charge in [0.15, 0.2) is 11.5 Å². The monoisotopic (exact) mass is 372 g/mol. The van der Waals surface area contributed by atoms with E-state index in [1.165, 1.54) is 6.07 Å². The molecule has 3 rings (SSSR count). The number of nitriles is 1. The van der Waals surface area contributed by atoms with Crippen LogP contribution >= 0.6 is 0 Å². The van der Waals surface area contributed by atoms with E-state index in [-0.39, 0.29) is 24.1 Å². The van der Waals surface area contributed by atoms with E-state index in [2.05, 4.69) is 4.98 Å². The third-order valence-corrected chi connectivity index (χ3v) is 4.21.